The van der Waals surface area contributed by atoms with Crippen LogP contribution in [0.3, 0.4) is 0 Å². The summed E-state index contributed by atoms with van der Waals surface area (Å²) in [6.45, 7) is 3.63. The Bertz CT molecular complexity index is 804. The molecule has 0 aromatic heterocycles. The molecule has 1 atom stereocenters. The number of hydrogen-bond donors (Lipinski definition) is 2. The van der Waals surface area contributed by atoms with Crippen molar-refractivity contribution in [3.05, 3.63) is 29.8 Å². The van der Waals surface area contributed by atoms with Gasteiger partial charge in [0.1, 0.15) is 5.84 Å². The fourth-order valence-electron chi connectivity index (χ4n) is 2.55. The summed E-state index contributed by atoms with van der Waals surface area (Å²) in [7, 11) is -3.59. The van der Waals surface area contributed by atoms with Crippen LogP contribution in [0.2, 0.25) is 0 Å². The van der Waals surface area contributed by atoms with E-state index in [1.807, 2.05) is 13.8 Å². The van der Waals surface area contributed by atoms with Gasteiger partial charge in [-0.05, 0) is 25.5 Å². The van der Waals surface area contributed by atoms with Crippen molar-refractivity contribution in [1.29, 1.82) is 0 Å². The quantitative estimate of drug-likeness (QED) is 0.651. The maximum atomic E-state index is 11.9. The molecule has 0 aliphatic carbocycles. The minimum absolute atomic E-state index is 0.0352. The van der Waals surface area contributed by atoms with E-state index in [4.69, 9.17) is 4.74 Å². The van der Waals surface area contributed by atoms with E-state index in [9.17, 15) is 18.0 Å². The van der Waals surface area contributed by atoms with Crippen LogP contribution < -0.4 is 10.0 Å². The third-order valence-electron chi connectivity index (χ3n) is 3.74. The fourth-order valence-corrected chi connectivity index (χ4v) is 3.80. The van der Waals surface area contributed by atoms with Crippen molar-refractivity contribution in [2.75, 3.05) is 13.2 Å². The molecule has 1 aromatic carbocycles. The zero-order valence-corrected chi connectivity index (χ0v) is 15.6. The summed E-state index contributed by atoms with van der Waals surface area (Å²) in [4.78, 5) is 27.6. The van der Waals surface area contributed by atoms with Gasteiger partial charge in [0.25, 0.3) is 15.9 Å². The Kier molecular flexibility index (Phi) is 6.73. The number of carbonyl (C=O) groups is 2. The summed E-state index contributed by atoms with van der Waals surface area (Å²) >= 11 is 0. The molecule has 2 rings (SSSR count). The van der Waals surface area contributed by atoms with Crippen LogP contribution >= 0.6 is 0 Å². The van der Waals surface area contributed by atoms with Crippen LogP contribution in [0.4, 0.5) is 0 Å². The monoisotopic (exact) mass is 381 g/mol. The Hall–Kier alpha value is -2.42. The maximum Gasteiger partial charge on any atom is 0.308 e. The van der Waals surface area contributed by atoms with E-state index in [0.717, 1.165) is 12.8 Å². The highest BCUT2D eigenvalue weighted by Crippen LogP contribution is 2.22. The van der Waals surface area contributed by atoms with Gasteiger partial charge in [-0.25, -0.2) is 8.42 Å². The van der Waals surface area contributed by atoms with Gasteiger partial charge in [0.2, 0.25) is 0 Å². The molecule has 0 saturated carbocycles. The van der Waals surface area contributed by atoms with Gasteiger partial charge in [-0.15, -0.1) is 0 Å². The lowest BCUT2D eigenvalue weighted by molar-refractivity contribution is -0.148. The predicted molar refractivity (Wildman–Crippen MR) is 96.3 cm³/mol. The van der Waals surface area contributed by atoms with Crippen LogP contribution in [0.5, 0.6) is 0 Å². The lowest BCUT2D eigenvalue weighted by Gasteiger charge is -2.12. The smallest absolute Gasteiger partial charge is 0.308 e. The van der Waals surface area contributed by atoms with Gasteiger partial charge >= 0.3 is 5.97 Å². The first-order chi connectivity index (χ1) is 12.3. The lowest BCUT2D eigenvalue weighted by Crippen LogP contribution is -2.35. The first-order valence-corrected chi connectivity index (χ1v) is 9.93. The first kappa shape index (κ1) is 19.9. The zero-order chi connectivity index (χ0) is 19.2. The summed E-state index contributed by atoms with van der Waals surface area (Å²) in [6.07, 6.45) is 1.76. The number of carbonyl (C=O) groups excluding carboxylic acids is 2. The van der Waals surface area contributed by atoms with E-state index in [-0.39, 0.29) is 42.3 Å². The van der Waals surface area contributed by atoms with Gasteiger partial charge < -0.3 is 10.1 Å². The van der Waals surface area contributed by atoms with Crippen molar-refractivity contribution in [2.24, 2.45) is 4.99 Å². The highest BCUT2D eigenvalue weighted by molar-refractivity contribution is 7.90. The van der Waals surface area contributed by atoms with Gasteiger partial charge in [0, 0.05) is 11.6 Å². The Morgan fingerprint density at radius 2 is 2.04 bits per heavy atom. The molecule has 8 nitrogen and oxygen atoms in total. The van der Waals surface area contributed by atoms with Crippen LogP contribution in [0.25, 0.3) is 0 Å². The normalized spacial score (nSPS) is 17.2. The molecule has 1 aromatic rings. The number of sulfonamides is 1. The summed E-state index contributed by atoms with van der Waals surface area (Å²) in [6, 6.07) is 6.51. The van der Waals surface area contributed by atoms with Gasteiger partial charge in [0.05, 0.1) is 17.9 Å². The molecular weight excluding hydrogens is 358 g/mol. The van der Waals surface area contributed by atoms with E-state index in [0.29, 0.717) is 5.56 Å². The molecule has 26 heavy (non-hydrogen) atoms. The molecule has 1 amide bonds. The van der Waals surface area contributed by atoms with Crippen molar-refractivity contribution < 1.29 is 22.7 Å². The third kappa shape index (κ3) is 5.29. The number of ether oxygens (including phenoxy) is 1. The molecule has 9 heteroatoms. The van der Waals surface area contributed by atoms with E-state index in [2.05, 4.69) is 15.0 Å². The number of aliphatic imine (C=N–C) groups is 1. The average molecular weight is 381 g/mol. The minimum Gasteiger partial charge on any atom is -0.456 e. The van der Waals surface area contributed by atoms with Crippen LogP contribution in [-0.2, 0) is 24.3 Å². The summed E-state index contributed by atoms with van der Waals surface area (Å²) in [5.74, 6) is -0.704. The molecule has 0 bridgehead atoms. The molecule has 0 fully saturated rings. The van der Waals surface area contributed by atoms with Crippen LogP contribution in [0, 0.1) is 0 Å². The number of amides is 1. The van der Waals surface area contributed by atoms with Crippen molar-refractivity contribution in [1.82, 2.24) is 10.0 Å². The Morgan fingerprint density at radius 1 is 1.31 bits per heavy atom. The standard InChI is InChI=1S/C17H23N3O5S/c1-3-6-12(2)19-15(21)11-25-16(22)9-10-18-17-13-7-4-5-8-14(13)26(23,24)20-17/h4-5,7-8,12H,3,6,9-11H2,1-2H3,(H,18,20)(H,19,21). The maximum absolute atomic E-state index is 11.9. The molecule has 1 aliphatic rings. The van der Waals surface area contributed by atoms with Gasteiger partial charge in [-0.1, -0.05) is 25.5 Å². The van der Waals surface area contributed by atoms with Crippen molar-refractivity contribution >= 4 is 27.7 Å². The highest BCUT2D eigenvalue weighted by Gasteiger charge is 2.29. The third-order valence-corrected chi connectivity index (χ3v) is 5.14. The number of rotatable bonds is 8. The molecular formula is C17H23N3O5S. The van der Waals surface area contributed by atoms with Crippen molar-refractivity contribution in [3.8, 4) is 0 Å². The van der Waals surface area contributed by atoms with Crippen LogP contribution in [0.1, 0.15) is 38.7 Å². The Labute approximate surface area is 153 Å². The molecule has 142 valence electrons. The van der Waals surface area contributed by atoms with Gasteiger partial charge in [-0.3, -0.25) is 19.3 Å². The number of benzene rings is 1. The average Bonchev–Trinajstić information content (AvgIpc) is 2.84. The second kappa shape index (κ2) is 8.79. The molecule has 2 N–H and O–H groups in total. The SMILES string of the molecule is CCCC(C)NC(=O)COC(=O)CCN=C1NS(=O)(=O)c2ccccc21. The van der Waals surface area contributed by atoms with E-state index >= 15 is 0 Å². The van der Waals surface area contributed by atoms with Gasteiger partial charge in [-0.2, -0.15) is 0 Å². The highest BCUT2D eigenvalue weighted by atomic mass is 32.2. The lowest BCUT2D eigenvalue weighted by atomic mass is 10.2. The Balaban J connectivity index is 1.80. The van der Waals surface area contributed by atoms with E-state index in [1.54, 1.807) is 18.2 Å². The first-order valence-electron chi connectivity index (χ1n) is 8.45. The number of nitrogens with zero attached hydrogens (tertiary/aromatic N) is 1. The second-order valence-electron chi connectivity index (χ2n) is 6.00. The predicted octanol–water partition coefficient (Wildman–Crippen LogP) is 0.963. The molecule has 0 spiro atoms. The number of hydrogen-bond acceptors (Lipinski definition) is 6. The molecule has 1 heterocycles. The second-order valence-corrected chi connectivity index (χ2v) is 7.65. The van der Waals surface area contributed by atoms with Crippen LogP contribution in [0.15, 0.2) is 34.2 Å². The summed E-state index contributed by atoms with van der Waals surface area (Å²) < 4.78 is 31.1. The largest absolute Gasteiger partial charge is 0.456 e. The number of amidine groups is 1. The van der Waals surface area contributed by atoms with Crippen LogP contribution in [-0.4, -0.2) is 45.3 Å². The fraction of sp³-hybridized carbons (Fsp3) is 0.471. The molecule has 1 aliphatic heterocycles. The van der Waals surface area contributed by atoms with E-state index < -0.39 is 16.0 Å². The summed E-state index contributed by atoms with van der Waals surface area (Å²) in [5.41, 5.74) is 0.477. The molecule has 1 unspecified atom stereocenters. The van der Waals surface area contributed by atoms with Crippen molar-refractivity contribution in [3.63, 3.8) is 0 Å². The minimum atomic E-state index is -3.59. The number of fused-ring (bicyclic) bond motifs is 1. The topological polar surface area (TPSA) is 114 Å². The van der Waals surface area contributed by atoms with Gasteiger partial charge in [0.15, 0.2) is 6.61 Å². The molecule has 0 radical (unpaired) electrons. The van der Waals surface area contributed by atoms with Crippen molar-refractivity contribution in [2.45, 2.75) is 44.0 Å². The Morgan fingerprint density at radius 3 is 2.77 bits per heavy atom. The van der Waals surface area contributed by atoms with E-state index in [1.165, 1.54) is 6.07 Å². The number of nitrogens with one attached hydrogen (secondary N) is 2. The number of esters is 1. The molecule has 0 saturated heterocycles. The summed E-state index contributed by atoms with van der Waals surface area (Å²) in [5, 5.41) is 2.74. The zero-order valence-electron chi connectivity index (χ0n) is 14.8.